The molecule has 1 atom stereocenters. The third kappa shape index (κ3) is 3.47. The van der Waals surface area contributed by atoms with Crippen LogP contribution in [0.1, 0.15) is 28.5 Å². The molecule has 0 saturated carbocycles. The van der Waals surface area contributed by atoms with Gasteiger partial charge >= 0.3 is 6.18 Å². The van der Waals surface area contributed by atoms with Crippen LogP contribution >= 0.6 is 0 Å². The summed E-state index contributed by atoms with van der Waals surface area (Å²) in [7, 11) is 0. The zero-order chi connectivity index (χ0) is 16.4. The zero-order valence-electron chi connectivity index (χ0n) is 11.7. The second-order valence-corrected chi connectivity index (χ2v) is 4.98. The molecule has 1 amide bonds. The molecule has 0 aromatic carbocycles. The predicted octanol–water partition coefficient (Wildman–Crippen LogP) is 1.91. The summed E-state index contributed by atoms with van der Waals surface area (Å²) in [6.07, 6.45) is -1.33. The number of nitrogens with zero attached hydrogens (tertiary/aromatic N) is 4. The minimum Gasteiger partial charge on any atom is -0.379 e. The lowest BCUT2D eigenvalue weighted by Crippen LogP contribution is -2.15. The van der Waals surface area contributed by atoms with Gasteiger partial charge in [0.2, 0.25) is 0 Å². The molecule has 0 spiro atoms. The fraction of sp³-hybridized carbons (Fsp3) is 0.385. The van der Waals surface area contributed by atoms with E-state index < -0.39 is 17.6 Å². The fourth-order valence-electron chi connectivity index (χ4n) is 2.15. The molecule has 0 unspecified atom stereocenters. The zero-order valence-corrected chi connectivity index (χ0v) is 11.7. The number of nitrogens with one attached hydrogen (secondary N) is 1. The summed E-state index contributed by atoms with van der Waals surface area (Å²) < 4.78 is 44.6. The normalized spacial score (nSPS) is 18.1. The van der Waals surface area contributed by atoms with Crippen molar-refractivity contribution in [3.63, 3.8) is 0 Å². The van der Waals surface area contributed by atoms with Crippen molar-refractivity contribution in [2.75, 3.05) is 18.5 Å². The van der Waals surface area contributed by atoms with Crippen molar-refractivity contribution in [2.24, 2.45) is 0 Å². The van der Waals surface area contributed by atoms with Crippen molar-refractivity contribution in [3.8, 4) is 0 Å². The lowest BCUT2D eigenvalue weighted by atomic mass is 10.2. The molecule has 122 valence electrons. The summed E-state index contributed by atoms with van der Waals surface area (Å²) >= 11 is 0. The number of ether oxygens (including phenoxy) is 1. The standard InChI is InChI=1S/C13H12F3N5O2/c14-13(15,16)8-1-3-17-11(5-8)18-12(22)10-6-21(20-19-10)9-2-4-23-7-9/h1,3,5-6,9H,2,4,7H2,(H,17,18,22)/t9-/m0/s1. The topological polar surface area (TPSA) is 81.9 Å². The van der Waals surface area contributed by atoms with Gasteiger partial charge in [-0.25, -0.2) is 9.67 Å². The Morgan fingerprint density at radius 3 is 2.96 bits per heavy atom. The summed E-state index contributed by atoms with van der Waals surface area (Å²) in [6, 6.07) is 1.59. The van der Waals surface area contributed by atoms with Crippen molar-refractivity contribution in [1.29, 1.82) is 0 Å². The number of hydrogen-bond acceptors (Lipinski definition) is 5. The van der Waals surface area contributed by atoms with Crippen molar-refractivity contribution in [3.05, 3.63) is 35.8 Å². The molecule has 2 aromatic heterocycles. The van der Waals surface area contributed by atoms with E-state index in [0.29, 0.717) is 13.2 Å². The number of pyridine rings is 1. The highest BCUT2D eigenvalue weighted by atomic mass is 19.4. The predicted molar refractivity (Wildman–Crippen MR) is 71.7 cm³/mol. The Morgan fingerprint density at radius 2 is 2.26 bits per heavy atom. The van der Waals surface area contributed by atoms with Crippen LogP contribution in [0.2, 0.25) is 0 Å². The SMILES string of the molecule is O=C(Nc1cc(C(F)(F)F)ccn1)c1cn([C@H]2CCOC2)nn1. The molecule has 1 N–H and O–H groups in total. The molecule has 2 aromatic rings. The molecule has 23 heavy (non-hydrogen) atoms. The quantitative estimate of drug-likeness (QED) is 0.931. The Kier molecular flexibility index (Phi) is 3.99. The van der Waals surface area contributed by atoms with E-state index in [9.17, 15) is 18.0 Å². The number of amides is 1. The van der Waals surface area contributed by atoms with Crippen LogP contribution in [0.5, 0.6) is 0 Å². The van der Waals surface area contributed by atoms with Crippen LogP contribution in [0.3, 0.4) is 0 Å². The average Bonchev–Trinajstić information content (AvgIpc) is 3.18. The number of rotatable bonds is 3. The molecule has 10 heteroatoms. The average molecular weight is 327 g/mol. The molecule has 1 saturated heterocycles. The van der Waals surface area contributed by atoms with E-state index >= 15 is 0 Å². The minimum atomic E-state index is -4.51. The molecule has 7 nitrogen and oxygen atoms in total. The van der Waals surface area contributed by atoms with Gasteiger partial charge in [-0.1, -0.05) is 5.21 Å². The molecular weight excluding hydrogens is 315 g/mol. The minimum absolute atomic E-state index is 0.00360. The van der Waals surface area contributed by atoms with Gasteiger partial charge in [-0.15, -0.1) is 5.10 Å². The van der Waals surface area contributed by atoms with Crippen molar-refractivity contribution < 1.29 is 22.7 Å². The first-order valence-corrected chi connectivity index (χ1v) is 6.77. The summed E-state index contributed by atoms with van der Waals surface area (Å²) in [6.45, 7) is 1.10. The molecular formula is C13H12F3N5O2. The molecule has 3 rings (SSSR count). The monoisotopic (exact) mass is 327 g/mol. The second-order valence-electron chi connectivity index (χ2n) is 4.98. The van der Waals surface area contributed by atoms with Crippen LogP contribution in [0.15, 0.2) is 24.5 Å². The number of halogens is 3. The van der Waals surface area contributed by atoms with Gasteiger partial charge in [0, 0.05) is 12.8 Å². The highest BCUT2D eigenvalue weighted by molar-refractivity contribution is 6.02. The first kappa shape index (κ1) is 15.4. The van der Waals surface area contributed by atoms with Crippen molar-refractivity contribution >= 4 is 11.7 Å². The highest BCUT2D eigenvalue weighted by Crippen LogP contribution is 2.29. The van der Waals surface area contributed by atoms with Crippen LogP contribution in [-0.2, 0) is 10.9 Å². The molecule has 1 aliphatic rings. The number of carbonyl (C=O) groups is 1. The van der Waals surface area contributed by atoms with E-state index in [1.54, 1.807) is 0 Å². The first-order chi connectivity index (χ1) is 10.9. The van der Waals surface area contributed by atoms with Crippen LogP contribution < -0.4 is 5.32 Å². The van der Waals surface area contributed by atoms with Gasteiger partial charge in [0.15, 0.2) is 5.69 Å². The second kappa shape index (κ2) is 5.95. The van der Waals surface area contributed by atoms with E-state index in [1.165, 1.54) is 10.9 Å². The van der Waals surface area contributed by atoms with E-state index in [0.717, 1.165) is 24.8 Å². The van der Waals surface area contributed by atoms with Crippen LogP contribution in [0.25, 0.3) is 0 Å². The summed E-state index contributed by atoms with van der Waals surface area (Å²) in [4.78, 5) is 15.7. The van der Waals surface area contributed by atoms with Gasteiger partial charge in [0.1, 0.15) is 5.82 Å². The Hall–Kier alpha value is -2.49. The third-order valence-electron chi connectivity index (χ3n) is 3.35. The Bertz CT molecular complexity index is 710. The first-order valence-electron chi connectivity index (χ1n) is 6.77. The van der Waals surface area contributed by atoms with Crippen LogP contribution in [0, 0.1) is 0 Å². The van der Waals surface area contributed by atoms with Gasteiger partial charge in [0.05, 0.1) is 24.4 Å². The molecule has 1 fully saturated rings. The van der Waals surface area contributed by atoms with E-state index in [4.69, 9.17) is 4.74 Å². The Morgan fingerprint density at radius 1 is 1.43 bits per heavy atom. The number of anilines is 1. The number of hydrogen-bond donors (Lipinski definition) is 1. The summed E-state index contributed by atoms with van der Waals surface area (Å²) in [5.41, 5.74) is -0.898. The van der Waals surface area contributed by atoms with Crippen molar-refractivity contribution in [1.82, 2.24) is 20.0 Å². The molecule has 0 radical (unpaired) electrons. The van der Waals surface area contributed by atoms with Crippen molar-refractivity contribution in [2.45, 2.75) is 18.6 Å². The van der Waals surface area contributed by atoms with E-state index in [1.807, 2.05) is 0 Å². The van der Waals surface area contributed by atoms with Gasteiger partial charge in [-0.05, 0) is 18.6 Å². The third-order valence-corrected chi connectivity index (χ3v) is 3.35. The van der Waals surface area contributed by atoms with Gasteiger partial charge < -0.3 is 10.1 Å². The van der Waals surface area contributed by atoms with Gasteiger partial charge in [0.25, 0.3) is 5.91 Å². The molecule has 0 aliphatic carbocycles. The van der Waals surface area contributed by atoms with Gasteiger partial charge in [-0.3, -0.25) is 4.79 Å². The molecule has 1 aliphatic heterocycles. The van der Waals surface area contributed by atoms with Crippen LogP contribution in [-0.4, -0.2) is 39.1 Å². The lowest BCUT2D eigenvalue weighted by molar-refractivity contribution is -0.137. The molecule has 0 bridgehead atoms. The highest BCUT2D eigenvalue weighted by Gasteiger charge is 2.31. The largest absolute Gasteiger partial charge is 0.416 e. The van der Waals surface area contributed by atoms with E-state index in [-0.39, 0.29) is 17.6 Å². The lowest BCUT2D eigenvalue weighted by Gasteiger charge is -2.08. The van der Waals surface area contributed by atoms with E-state index in [2.05, 4.69) is 20.6 Å². The number of carbonyl (C=O) groups excluding carboxylic acids is 1. The Labute approximate surface area is 128 Å². The smallest absolute Gasteiger partial charge is 0.379 e. The summed E-state index contributed by atoms with van der Waals surface area (Å²) in [5.74, 6) is -0.884. The summed E-state index contributed by atoms with van der Waals surface area (Å²) in [5, 5.41) is 9.84. The number of aromatic nitrogens is 4. The number of alkyl halides is 3. The maximum Gasteiger partial charge on any atom is 0.416 e. The van der Waals surface area contributed by atoms with Crippen LogP contribution in [0.4, 0.5) is 19.0 Å². The Balaban J connectivity index is 1.72. The maximum absolute atomic E-state index is 12.6. The van der Waals surface area contributed by atoms with Gasteiger partial charge in [-0.2, -0.15) is 13.2 Å². The fourth-order valence-corrected chi connectivity index (χ4v) is 2.15. The maximum atomic E-state index is 12.6. The molecule has 3 heterocycles.